The van der Waals surface area contributed by atoms with Gasteiger partial charge in [-0.05, 0) is 6.07 Å². The van der Waals surface area contributed by atoms with Gasteiger partial charge in [0.25, 0.3) is 9.05 Å². The van der Waals surface area contributed by atoms with Crippen molar-refractivity contribution in [2.75, 3.05) is 7.11 Å². The van der Waals surface area contributed by atoms with Crippen molar-refractivity contribution in [3.8, 4) is 5.75 Å². The Kier molecular flexibility index (Phi) is 3.67. The van der Waals surface area contributed by atoms with Gasteiger partial charge in [0.05, 0.1) is 12.1 Å². The first kappa shape index (κ1) is 13.1. The lowest BCUT2D eigenvalue weighted by molar-refractivity contribution is 0.0693. The van der Waals surface area contributed by atoms with E-state index in [1.54, 1.807) is 0 Å². The fourth-order valence-corrected chi connectivity index (χ4v) is 2.57. The van der Waals surface area contributed by atoms with Crippen LogP contribution in [0.3, 0.4) is 0 Å². The molecule has 16 heavy (non-hydrogen) atoms. The van der Waals surface area contributed by atoms with Crippen LogP contribution >= 0.6 is 22.3 Å². The number of carboxylic acid groups (broad SMARTS) is 1. The first-order chi connectivity index (χ1) is 7.27. The summed E-state index contributed by atoms with van der Waals surface area (Å²) < 4.78 is 26.9. The summed E-state index contributed by atoms with van der Waals surface area (Å²) in [6.45, 7) is 0. The molecule has 0 fully saturated rings. The number of hydrogen-bond acceptors (Lipinski definition) is 4. The standard InChI is InChI=1S/C8H6Cl2O5S/c1-15-6-3-5(9)7(16(10,13)14)2-4(6)8(11)12/h2-3H,1H3,(H,11,12). The van der Waals surface area contributed by atoms with Crippen molar-refractivity contribution in [2.24, 2.45) is 0 Å². The quantitative estimate of drug-likeness (QED) is 0.859. The second-order valence-corrected chi connectivity index (χ2v) is 5.67. The third-order valence-corrected chi connectivity index (χ3v) is 3.53. The predicted molar refractivity (Wildman–Crippen MR) is 58.0 cm³/mol. The molecule has 1 rings (SSSR count). The van der Waals surface area contributed by atoms with Gasteiger partial charge in [-0.2, -0.15) is 0 Å². The van der Waals surface area contributed by atoms with E-state index in [0.29, 0.717) is 0 Å². The molecule has 0 heterocycles. The highest BCUT2D eigenvalue weighted by Gasteiger charge is 2.21. The van der Waals surface area contributed by atoms with E-state index in [-0.39, 0.29) is 16.3 Å². The minimum absolute atomic E-state index is 0.0402. The van der Waals surface area contributed by atoms with Gasteiger partial charge in [-0.1, -0.05) is 11.6 Å². The third kappa shape index (κ3) is 2.58. The van der Waals surface area contributed by atoms with Gasteiger partial charge in [0.15, 0.2) is 0 Å². The molecular weight excluding hydrogens is 279 g/mol. The minimum Gasteiger partial charge on any atom is -0.496 e. The largest absolute Gasteiger partial charge is 0.496 e. The van der Waals surface area contributed by atoms with Gasteiger partial charge < -0.3 is 9.84 Å². The Labute approximate surface area is 101 Å². The van der Waals surface area contributed by atoms with E-state index in [4.69, 9.17) is 32.1 Å². The number of hydrogen-bond donors (Lipinski definition) is 1. The Balaban J connectivity index is 3.58. The van der Waals surface area contributed by atoms with Crippen LogP contribution in [0, 0.1) is 0 Å². The number of methoxy groups -OCH3 is 1. The number of ether oxygens (including phenoxy) is 1. The van der Waals surface area contributed by atoms with Crippen LogP contribution in [0.5, 0.6) is 5.75 Å². The molecule has 88 valence electrons. The molecule has 1 aromatic rings. The average Bonchev–Trinajstić information content (AvgIpc) is 2.14. The van der Waals surface area contributed by atoms with E-state index in [2.05, 4.69) is 0 Å². The Hall–Kier alpha value is -0.980. The van der Waals surface area contributed by atoms with Crippen molar-refractivity contribution in [1.29, 1.82) is 0 Å². The van der Waals surface area contributed by atoms with Crippen LogP contribution < -0.4 is 4.74 Å². The van der Waals surface area contributed by atoms with Gasteiger partial charge in [0.1, 0.15) is 16.2 Å². The van der Waals surface area contributed by atoms with Crippen LogP contribution in [-0.2, 0) is 9.05 Å². The molecule has 1 N–H and O–H groups in total. The zero-order valence-corrected chi connectivity index (χ0v) is 10.2. The molecule has 0 saturated heterocycles. The van der Waals surface area contributed by atoms with Gasteiger partial charge in [-0.3, -0.25) is 0 Å². The summed E-state index contributed by atoms with van der Waals surface area (Å²) in [5.41, 5.74) is -0.328. The fraction of sp³-hybridized carbons (Fsp3) is 0.125. The maximum atomic E-state index is 11.1. The number of rotatable bonds is 3. The zero-order valence-electron chi connectivity index (χ0n) is 7.90. The molecule has 0 aliphatic rings. The van der Waals surface area contributed by atoms with Crippen LogP contribution in [-0.4, -0.2) is 26.6 Å². The monoisotopic (exact) mass is 284 g/mol. The van der Waals surface area contributed by atoms with Crippen molar-refractivity contribution >= 4 is 37.3 Å². The van der Waals surface area contributed by atoms with E-state index < -0.39 is 19.9 Å². The summed E-state index contributed by atoms with van der Waals surface area (Å²) >= 11 is 5.63. The van der Waals surface area contributed by atoms with E-state index >= 15 is 0 Å². The van der Waals surface area contributed by atoms with E-state index in [0.717, 1.165) is 12.1 Å². The molecule has 0 spiro atoms. The molecule has 0 bridgehead atoms. The molecule has 0 radical (unpaired) electrons. The summed E-state index contributed by atoms with van der Waals surface area (Å²) in [4.78, 5) is 10.3. The smallest absolute Gasteiger partial charge is 0.339 e. The molecule has 0 aliphatic heterocycles. The van der Waals surface area contributed by atoms with E-state index in [9.17, 15) is 13.2 Å². The highest BCUT2D eigenvalue weighted by atomic mass is 35.7. The van der Waals surface area contributed by atoms with Crippen LogP contribution in [0.15, 0.2) is 17.0 Å². The third-order valence-electron chi connectivity index (χ3n) is 1.75. The average molecular weight is 285 g/mol. The number of carboxylic acids is 1. The second-order valence-electron chi connectivity index (χ2n) is 2.73. The van der Waals surface area contributed by atoms with Crippen LogP contribution in [0.1, 0.15) is 10.4 Å². The number of benzene rings is 1. The molecule has 0 unspecified atom stereocenters. The summed E-state index contributed by atoms with van der Waals surface area (Å²) in [6, 6.07) is 1.94. The van der Waals surface area contributed by atoms with Crippen molar-refractivity contribution in [1.82, 2.24) is 0 Å². The Morgan fingerprint density at radius 3 is 2.38 bits per heavy atom. The molecule has 5 nitrogen and oxygen atoms in total. The SMILES string of the molecule is COc1cc(Cl)c(S(=O)(=O)Cl)cc1C(=O)O. The maximum absolute atomic E-state index is 11.1. The maximum Gasteiger partial charge on any atom is 0.339 e. The fourth-order valence-electron chi connectivity index (χ4n) is 1.06. The molecule has 1 aromatic carbocycles. The zero-order chi connectivity index (χ0) is 12.5. The van der Waals surface area contributed by atoms with Crippen molar-refractivity contribution in [3.05, 3.63) is 22.7 Å². The summed E-state index contributed by atoms with van der Waals surface area (Å²) in [5, 5.41) is 8.62. The molecule has 0 amide bonds. The van der Waals surface area contributed by atoms with E-state index in [1.165, 1.54) is 7.11 Å². The topological polar surface area (TPSA) is 80.7 Å². The number of carbonyl (C=O) groups is 1. The first-order valence-electron chi connectivity index (χ1n) is 3.83. The van der Waals surface area contributed by atoms with Gasteiger partial charge in [-0.15, -0.1) is 0 Å². The van der Waals surface area contributed by atoms with Gasteiger partial charge in [-0.25, -0.2) is 13.2 Å². The number of halogens is 2. The molecule has 0 saturated carbocycles. The lowest BCUT2D eigenvalue weighted by Gasteiger charge is -2.07. The molecule has 0 aromatic heterocycles. The summed E-state index contributed by atoms with van der Waals surface area (Å²) in [7, 11) is 2.24. The lowest BCUT2D eigenvalue weighted by atomic mass is 10.2. The Bertz CT molecular complexity index is 538. The van der Waals surface area contributed by atoms with Crippen molar-refractivity contribution in [2.45, 2.75) is 4.90 Å². The molecular formula is C8H6Cl2O5S. The number of aromatic carboxylic acids is 1. The Morgan fingerprint density at radius 1 is 1.44 bits per heavy atom. The van der Waals surface area contributed by atoms with Crippen LogP contribution in [0.25, 0.3) is 0 Å². The molecule has 0 aliphatic carbocycles. The van der Waals surface area contributed by atoms with Gasteiger partial charge in [0, 0.05) is 16.7 Å². The summed E-state index contributed by atoms with van der Waals surface area (Å²) in [5.74, 6) is -1.38. The second kappa shape index (κ2) is 4.48. The Morgan fingerprint density at radius 2 is 2.00 bits per heavy atom. The van der Waals surface area contributed by atoms with Crippen molar-refractivity contribution < 1.29 is 23.1 Å². The van der Waals surface area contributed by atoms with E-state index in [1.807, 2.05) is 0 Å². The molecule has 0 atom stereocenters. The lowest BCUT2D eigenvalue weighted by Crippen LogP contribution is -2.03. The highest BCUT2D eigenvalue weighted by molar-refractivity contribution is 8.13. The minimum atomic E-state index is -4.09. The van der Waals surface area contributed by atoms with Crippen LogP contribution in [0.2, 0.25) is 5.02 Å². The first-order valence-corrected chi connectivity index (χ1v) is 6.51. The highest BCUT2D eigenvalue weighted by Crippen LogP contribution is 2.31. The summed E-state index contributed by atoms with van der Waals surface area (Å²) in [6.07, 6.45) is 0. The van der Waals surface area contributed by atoms with Gasteiger partial charge >= 0.3 is 5.97 Å². The van der Waals surface area contributed by atoms with Gasteiger partial charge in [0.2, 0.25) is 0 Å². The van der Waals surface area contributed by atoms with Crippen molar-refractivity contribution in [3.63, 3.8) is 0 Å². The molecule has 8 heteroatoms. The predicted octanol–water partition coefficient (Wildman–Crippen LogP) is 1.97. The normalized spacial score (nSPS) is 11.2. The van der Waals surface area contributed by atoms with Crippen LogP contribution in [0.4, 0.5) is 0 Å².